The third-order valence-corrected chi connectivity index (χ3v) is 5.02. The molecule has 0 atom stereocenters. The lowest BCUT2D eigenvalue weighted by atomic mass is 9.93. The van der Waals surface area contributed by atoms with Crippen molar-refractivity contribution in [1.29, 1.82) is 5.26 Å². The predicted octanol–water partition coefficient (Wildman–Crippen LogP) is 1.44. The number of pyridine rings is 1. The van der Waals surface area contributed by atoms with Gasteiger partial charge in [0.05, 0.1) is 11.6 Å². The molecule has 2 nitrogen and oxygen atoms in total. The summed E-state index contributed by atoms with van der Waals surface area (Å²) in [5.74, 6) is 0. The second-order valence-electron chi connectivity index (χ2n) is 6.73. The van der Waals surface area contributed by atoms with E-state index in [4.69, 9.17) is 0 Å². The number of benzene rings is 2. The highest BCUT2D eigenvalue weighted by molar-refractivity contribution is 5.70. The summed E-state index contributed by atoms with van der Waals surface area (Å²) in [6.07, 6.45) is 9.58. The van der Waals surface area contributed by atoms with Crippen molar-refractivity contribution in [3.63, 3.8) is 0 Å². The molecule has 0 fully saturated rings. The molecule has 1 aromatic heterocycles. The number of hydrogen-bond acceptors (Lipinski definition) is 1. The molecule has 1 aliphatic rings. The average molecular weight is 361 g/mol. The molecular formula is C23H21ClN2. The Morgan fingerprint density at radius 1 is 0.885 bits per heavy atom. The Morgan fingerprint density at radius 2 is 1.62 bits per heavy atom. The molecule has 0 unspecified atom stereocenters. The monoisotopic (exact) mass is 360 g/mol. The smallest absolute Gasteiger partial charge is 0.173 e. The zero-order valence-electron chi connectivity index (χ0n) is 14.7. The lowest BCUT2D eigenvalue weighted by Gasteiger charge is -2.13. The molecule has 0 aliphatic heterocycles. The number of nitrogens with zero attached hydrogens (tertiary/aromatic N) is 2. The summed E-state index contributed by atoms with van der Waals surface area (Å²) in [5, 5.41) is 9.27. The molecule has 0 radical (unpaired) electrons. The topological polar surface area (TPSA) is 27.7 Å². The fraction of sp³-hybridized carbons (Fsp3) is 0.217. The Labute approximate surface area is 161 Å². The molecule has 0 saturated heterocycles. The van der Waals surface area contributed by atoms with Crippen molar-refractivity contribution in [2.75, 3.05) is 0 Å². The van der Waals surface area contributed by atoms with Crippen LogP contribution < -0.4 is 17.0 Å². The lowest BCUT2D eigenvalue weighted by Crippen LogP contribution is -3.00. The Bertz CT molecular complexity index is 939. The SMILES string of the molecule is N#Cc1ccccc1-c1ccc(C[n+]2ccc3c(c2)CCCC3)cc1.[Cl-]. The Hall–Kier alpha value is -2.63. The fourth-order valence-electron chi connectivity index (χ4n) is 3.65. The van der Waals surface area contributed by atoms with Gasteiger partial charge in [0.25, 0.3) is 0 Å². The van der Waals surface area contributed by atoms with Crippen molar-refractivity contribution in [1.82, 2.24) is 0 Å². The lowest BCUT2D eigenvalue weighted by molar-refractivity contribution is -0.688. The number of hydrogen-bond donors (Lipinski definition) is 0. The van der Waals surface area contributed by atoms with Crippen LogP contribution in [-0.2, 0) is 19.4 Å². The van der Waals surface area contributed by atoms with Crippen LogP contribution in [0.1, 0.15) is 35.1 Å². The standard InChI is InChI=1S/C23H21N2.ClH/c24-15-21-6-3-4-8-23(21)20-11-9-18(10-12-20)16-25-14-13-19-5-1-2-7-22(19)17-25;/h3-4,6,8-14,17H,1-2,5,7,16H2;1H/q+1;/p-1. The van der Waals surface area contributed by atoms with E-state index in [2.05, 4.69) is 53.4 Å². The van der Waals surface area contributed by atoms with Gasteiger partial charge in [-0.2, -0.15) is 5.26 Å². The Morgan fingerprint density at radius 3 is 2.38 bits per heavy atom. The normalized spacial score (nSPS) is 12.6. The largest absolute Gasteiger partial charge is 1.00 e. The van der Waals surface area contributed by atoms with E-state index in [1.807, 2.05) is 24.3 Å². The minimum atomic E-state index is 0. The molecule has 1 aliphatic carbocycles. The molecule has 3 aromatic rings. The van der Waals surface area contributed by atoms with Gasteiger partial charge in [-0.25, -0.2) is 4.57 Å². The molecule has 130 valence electrons. The van der Waals surface area contributed by atoms with E-state index < -0.39 is 0 Å². The minimum absolute atomic E-state index is 0. The van der Waals surface area contributed by atoms with Crippen LogP contribution in [0.2, 0.25) is 0 Å². The molecular weight excluding hydrogens is 340 g/mol. The summed E-state index contributed by atoms with van der Waals surface area (Å²) in [6.45, 7) is 0.882. The number of halogens is 1. The maximum atomic E-state index is 9.27. The van der Waals surface area contributed by atoms with E-state index in [-0.39, 0.29) is 12.4 Å². The van der Waals surface area contributed by atoms with Crippen LogP contribution in [0.15, 0.2) is 67.0 Å². The fourth-order valence-corrected chi connectivity index (χ4v) is 3.65. The summed E-state index contributed by atoms with van der Waals surface area (Å²) >= 11 is 0. The van der Waals surface area contributed by atoms with Crippen molar-refractivity contribution in [2.45, 2.75) is 32.2 Å². The van der Waals surface area contributed by atoms with Gasteiger partial charge in [-0.15, -0.1) is 0 Å². The van der Waals surface area contributed by atoms with Gasteiger partial charge in [-0.3, -0.25) is 0 Å². The second-order valence-corrected chi connectivity index (χ2v) is 6.73. The van der Waals surface area contributed by atoms with E-state index in [0.717, 1.165) is 23.2 Å². The van der Waals surface area contributed by atoms with Gasteiger partial charge >= 0.3 is 0 Å². The first-order chi connectivity index (χ1) is 12.3. The third-order valence-electron chi connectivity index (χ3n) is 5.02. The van der Waals surface area contributed by atoms with Crippen LogP contribution in [0.3, 0.4) is 0 Å². The first-order valence-electron chi connectivity index (χ1n) is 8.93. The quantitative estimate of drug-likeness (QED) is 0.650. The molecule has 1 heterocycles. The number of aromatic nitrogens is 1. The van der Waals surface area contributed by atoms with Crippen LogP contribution in [0.25, 0.3) is 11.1 Å². The average Bonchev–Trinajstić information content (AvgIpc) is 2.68. The summed E-state index contributed by atoms with van der Waals surface area (Å²) in [4.78, 5) is 0. The van der Waals surface area contributed by atoms with Gasteiger partial charge in [0.1, 0.15) is 0 Å². The van der Waals surface area contributed by atoms with Crippen molar-refractivity contribution in [3.8, 4) is 17.2 Å². The van der Waals surface area contributed by atoms with E-state index >= 15 is 0 Å². The summed E-state index contributed by atoms with van der Waals surface area (Å²) < 4.78 is 2.28. The van der Waals surface area contributed by atoms with Crippen LogP contribution in [-0.4, -0.2) is 0 Å². The molecule has 4 rings (SSSR count). The molecule has 3 heteroatoms. The molecule has 0 spiro atoms. The number of aryl methyl sites for hydroxylation is 2. The maximum absolute atomic E-state index is 9.27. The maximum Gasteiger partial charge on any atom is 0.173 e. The molecule has 0 N–H and O–H groups in total. The minimum Gasteiger partial charge on any atom is -1.00 e. The van der Waals surface area contributed by atoms with Gasteiger partial charge in [0.2, 0.25) is 0 Å². The molecule has 26 heavy (non-hydrogen) atoms. The highest BCUT2D eigenvalue weighted by atomic mass is 35.5. The van der Waals surface area contributed by atoms with Crippen LogP contribution in [0, 0.1) is 11.3 Å². The zero-order chi connectivity index (χ0) is 17.1. The Kier molecular flexibility index (Phi) is 5.71. The second kappa shape index (κ2) is 8.17. The summed E-state index contributed by atoms with van der Waals surface area (Å²) in [7, 11) is 0. The van der Waals surface area contributed by atoms with Crippen LogP contribution in [0.4, 0.5) is 0 Å². The van der Waals surface area contributed by atoms with Gasteiger partial charge in [-0.05, 0) is 48.4 Å². The molecule has 0 amide bonds. The highest BCUT2D eigenvalue weighted by Crippen LogP contribution is 2.23. The van der Waals surface area contributed by atoms with Gasteiger partial charge in [0.15, 0.2) is 18.9 Å². The van der Waals surface area contributed by atoms with Gasteiger partial charge in [-0.1, -0.05) is 42.5 Å². The zero-order valence-corrected chi connectivity index (χ0v) is 15.4. The van der Waals surface area contributed by atoms with Crippen molar-refractivity contribution in [3.05, 3.63) is 89.2 Å². The molecule has 0 bridgehead atoms. The van der Waals surface area contributed by atoms with E-state index in [1.165, 1.54) is 42.4 Å². The van der Waals surface area contributed by atoms with Gasteiger partial charge in [0, 0.05) is 17.2 Å². The summed E-state index contributed by atoms with van der Waals surface area (Å²) in [6, 6.07) is 20.9. The van der Waals surface area contributed by atoms with E-state index in [9.17, 15) is 5.26 Å². The molecule has 2 aromatic carbocycles. The first kappa shape index (κ1) is 18.2. The van der Waals surface area contributed by atoms with Crippen molar-refractivity contribution in [2.24, 2.45) is 0 Å². The third kappa shape index (κ3) is 3.79. The number of nitriles is 1. The predicted molar refractivity (Wildman–Crippen MR) is 99.0 cm³/mol. The van der Waals surface area contributed by atoms with Crippen LogP contribution in [0.5, 0.6) is 0 Å². The van der Waals surface area contributed by atoms with Crippen molar-refractivity contribution < 1.29 is 17.0 Å². The van der Waals surface area contributed by atoms with Crippen molar-refractivity contribution >= 4 is 0 Å². The number of fused-ring (bicyclic) bond motifs is 1. The Balaban J connectivity index is 0.00000196. The first-order valence-corrected chi connectivity index (χ1v) is 8.93. The number of rotatable bonds is 3. The van der Waals surface area contributed by atoms with Gasteiger partial charge < -0.3 is 12.4 Å². The highest BCUT2D eigenvalue weighted by Gasteiger charge is 2.14. The van der Waals surface area contributed by atoms with Crippen LogP contribution >= 0.6 is 0 Å². The molecule has 0 saturated carbocycles. The van der Waals surface area contributed by atoms with E-state index in [0.29, 0.717) is 0 Å². The van der Waals surface area contributed by atoms with E-state index in [1.54, 1.807) is 0 Å². The summed E-state index contributed by atoms with van der Waals surface area (Å²) in [5.41, 5.74) is 7.12.